The van der Waals surface area contributed by atoms with Crippen LogP contribution in [0.4, 0.5) is 0 Å². The van der Waals surface area contributed by atoms with Crippen LogP contribution in [0.2, 0.25) is 0 Å². The van der Waals surface area contributed by atoms with Crippen molar-refractivity contribution in [3.8, 4) is 0 Å². The highest BCUT2D eigenvalue weighted by atomic mass is 32.2. The molecule has 0 aromatic heterocycles. The summed E-state index contributed by atoms with van der Waals surface area (Å²) in [7, 11) is 0. The Morgan fingerprint density at radius 3 is 2.89 bits per heavy atom. The predicted molar refractivity (Wildman–Crippen MR) is 79.4 cm³/mol. The monoisotopic (exact) mass is 276 g/mol. The van der Waals surface area contributed by atoms with E-state index in [1.54, 1.807) is 0 Å². The molecule has 2 heterocycles. The number of thioether (sulfide) groups is 1. The first kappa shape index (κ1) is 13.0. The lowest BCUT2D eigenvalue weighted by Crippen LogP contribution is -2.44. The Balaban J connectivity index is 1.70. The Labute approximate surface area is 118 Å². The highest BCUT2D eigenvalue weighted by molar-refractivity contribution is 7.99. The van der Waals surface area contributed by atoms with Crippen molar-refractivity contribution in [1.82, 2.24) is 10.6 Å². The van der Waals surface area contributed by atoms with Gasteiger partial charge in [0.1, 0.15) is 0 Å². The van der Waals surface area contributed by atoms with Crippen LogP contribution in [0.1, 0.15) is 29.9 Å². The third-order valence-corrected chi connectivity index (χ3v) is 5.03. The standard InChI is InChI=1S/C15H20N2OS/c18-15(17-12-5-7-19-8-6-12)14-10-16-9-11-3-1-2-4-13(11)14/h1-4,12,14,16H,5-10H2,(H,17,18). The molecule has 2 N–H and O–H groups in total. The number of benzene rings is 1. The zero-order valence-electron chi connectivity index (χ0n) is 11.0. The second kappa shape index (κ2) is 5.97. The van der Waals surface area contributed by atoms with Gasteiger partial charge in [-0.3, -0.25) is 4.79 Å². The summed E-state index contributed by atoms with van der Waals surface area (Å²) in [4.78, 5) is 12.5. The van der Waals surface area contributed by atoms with Gasteiger partial charge in [0.15, 0.2) is 0 Å². The van der Waals surface area contributed by atoms with Crippen LogP contribution in [-0.4, -0.2) is 30.0 Å². The van der Waals surface area contributed by atoms with E-state index in [0.717, 1.165) is 25.9 Å². The van der Waals surface area contributed by atoms with Gasteiger partial charge in [-0.05, 0) is 35.5 Å². The molecule has 1 fully saturated rings. The van der Waals surface area contributed by atoms with E-state index in [2.05, 4.69) is 22.8 Å². The van der Waals surface area contributed by atoms with Crippen molar-refractivity contribution in [3.05, 3.63) is 35.4 Å². The summed E-state index contributed by atoms with van der Waals surface area (Å²) in [6.45, 7) is 1.63. The van der Waals surface area contributed by atoms with Crippen molar-refractivity contribution in [1.29, 1.82) is 0 Å². The number of amides is 1. The highest BCUT2D eigenvalue weighted by Gasteiger charge is 2.27. The Hall–Kier alpha value is -1.00. The zero-order valence-corrected chi connectivity index (χ0v) is 11.8. The maximum Gasteiger partial charge on any atom is 0.229 e. The minimum absolute atomic E-state index is 0.0282. The van der Waals surface area contributed by atoms with Gasteiger partial charge in [-0.15, -0.1) is 0 Å². The molecule has 1 saturated heterocycles. The molecule has 2 aliphatic heterocycles. The van der Waals surface area contributed by atoms with Gasteiger partial charge in [0, 0.05) is 19.1 Å². The molecule has 102 valence electrons. The Morgan fingerprint density at radius 2 is 2.05 bits per heavy atom. The number of carbonyl (C=O) groups excluding carboxylic acids is 1. The third-order valence-electron chi connectivity index (χ3n) is 3.98. The van der Waals surface area contributed by atoms with Crippen molar-refractivity contribution >= 4 is 17.7 Å². The number of carbonyl (C=O) groups is 1. The van der Waals surface area contributed by atoms with Crippen molar-refractivity contribution in [2.75, 3.05) is 18.1 Å². The van der Waals surface area contributed by atoms with Crippen LogP contribution in [0.3, 0.4) is 0 Å². The molecular weight excluding hydrogens is 256 g/mol. The van der Waals surface area contributed by atoms with E-state index in [1.807, 2.05) is 23.9 Å². The Morgan fingerprint density at radius 1 is 1.26 bits per heavy atom. The number of fused-ring (bicyclic) bond motifs is 1. The van der Waals surface area contributed by atoms with E-state index < -0.39 is 0 Å². The first-order valence-corrected chi connectivity index (χ1v) is 8.16. The van der Waals surface area contributed by atoms with Crippen LogP contribution < -0.4 is 10.6 Å². The van der Waals surface area contributed by atoms with Crippen molar-refractivity contribution < 1.29 is 4.79 Å². The van der Waals surface area contributed by atoms with Crippen LogP contribution in [0.25, 0.3) is 0 Å². The quantitative estimate of drug-likeness (QED) is 0.866. The van der Waals surface area contributed by atoms with Crippen LogP contribution in [-0.2, 0) is 11.3 Å². The number of hydrogen-bond donors (Lipinski definition) is 2. The van der Waals surface area contributed by atoms with E-state index in [0.29, 0.717) is 6.04 Å². The molecule has 19 heavy (non-hydrogen) atoms. The fourth-order valence-electron chi connectivity index (χ4n) is 2.87. The van der Waals surface area contributed by atoms with E-state index in [4.69, 9.17) is 0 Å². The summed E-state index contributed by atoms with van der Waals surface area (Å²) < 4.78 is 0. The van der Waals surface area contributed by atoms with Crippen molar-refractivity contribution in [2.45, 2.75) is 31.3 Å². The highest BCUT2D eigenvalue weighted by Crippen LogP contribution is 2.25. The van der Waals surface area contributed by atoms with Crippen LogP contribution in [0.5, 0.6) is 0 Å². The van der Waals surface area contributed by atoms with Crippen molar-refractivity contribution in [3.63, 3.8) is 0 Å². The van der Waals surface area contributed by atoms with Gasteiger partial charge in [-0.2, -0.15) is 11.8 Å². The smallest absolute Gasteiger partial charge is 0.229 e. The molecule has 0 saturated carbocycles. The molecule has 4 heteroatoms. The van der Waals surface area contributed by atoms with E-state index in [9.17, 15) is 4.79 Å². The molecular formula is C15H20N2OS. The van der Waals surface area contributed by atoms with Crippen LogP contribution in [0, 0.1) is 0 Å². The minimum atomic E-state index is -0.0282. The largest absolute Gasteiger partial charge is 0.353 e. The summed E-state index contributed by atoms with van der Waals surface area (Å²) in [6, 6.07) is 8.65. The molecule has 1 amide bonds. The summed E-state index contributed by atoms with van der Waals surface area (Å²) in [5.41, 5.74) is 2.46. The normalized spacial score (nSPS) is 23.7. The molecule has 1 unspecified atom stereocenters. The van der Waals surface area contributed by atoms with E-state index >= 15 is 0 Å². The summed E-state index contributed by atoms with van der Waals surface area (Å²) in [5, 5.41) is 6.58. The first-order chi connectivity index (χ1) is 9.34. The Kier molecular flexibility index (Phi) is 4.09. The average molecular weight is 276 g/mol. The average Bonchev–Trinajstić information content (AvgIpc) is 2.47. The fourth-order valence-corrected chi connectivity index (χ4v) is 3.98. The SMILES string of the molecule is O=C(NC1CCSCC1)C1CNCc2ccccc21. The molecule has 3 nitrogen and oxygen atoms in total. The molecule has 1 atom stereocenters. The number of nitrogens with one attached hydrogen (secondary N) is 2. The van der Waals surface area contributed by atoms with Gasteiger partial charge >= 0.3 is 0 Å². The summed E-state index contributed by atoms with van der Waals surface area (Å²) >= 11 is 1.99. The summed E-state index contributed by atoms with van der Waals surface area (Å²) in [5.74, 6) is 2.51. The maximum atomic E-state index is 12.5. The molecule has 0 radical (unpaired) electrons. The van der Waals surface area contributed by atoms with Gasteiger partial charge in [-0.1, -0.05) is 24.3 Å². The third kappa shape index (κ3) is 2.95. The zero-order chi connectivity index (χ0) is 13.1. The topological polar surface area (TPSA) is 41.1 Å². The van der Waals surface area contributed by atoms with Gasteiger partial charge in [0.25, 0.3) is 0 Å². The molecule has 0 aliphatic carbocycles. The second-order valence-corrected chi connectivity index (χ2v) is 6.50. The van der Waals surface area contributed by atoms with Gasteiger partial charge < -0.3 is 10.6 Å². The fraction of sp³-hybridized carbons (Fsp3) is 0.533. The van der Waals surface area contributed by atoms with Gasteiger partial charge in [-0.25, -0.2) is 0 Å². The number of hydrogen-bond acceptors (Lipinski definition) is 3. The molecule has 1 aromatic carbocycles. The minimum Gasteiger partial charge on any atom is -0.353 e. The van der Waals surface area contributed by atoms with Crippen molar-refractivity contribution in [2.24, 2.45) is 0 Å². The molecule has 0 spiro atoms. The van der Waals surface area contributed by atoms with Gasteiger partial charge in [0.2, 0.25) is 5.91 Å². The Bertz CT molecular complexity index is 457. The second-order valence-electron chi connectivity index (χ2n) is 5.28. The van der Waals surface area contributed by atoms with E-state index in [-0.39, 0.29) is 11.8 Å². The lowest BCUT2D eigenvalue weighted by atomic mass is 9.90. The maximum absolute atomic E-state index is 12.5. The molecule has 3 rings (SSSR count). The predicted octanol–water partition coefficient (Wildman–Crippen LogP) is 1.89. The van der Waals surface area contributed by atoms with Gasteiger partial charge in [0.05, 0.1) is 5.92 Å². The molecule has 2 aliphatic rings. The number of rotatable bonds is 2. The lowest BCUT2D eigenvalue weighted by molar-refractivity contribution is -0.123. The molecule has 1 aromatic rings. The summed E-state index contributed by atoms with van der Waals surface area (Å²) in [6.07, 6.45) is 2.22. The lowest BCUT2D eigenvalue weighted by Gasteiger charge is -2.29. The van der Waals surface area contributed by atoms with Crippen LogP contribution >= 0.6 is 11.8 Å². The van der Waals surface area contributed by atoms with Crippen LogP contribution in [0.15, 0.2) is 24.3 Å². The molecule has 0 bridgehead atoms. The first-order valence-electron chi connectivity index (χ1n) is 7.01. The van der Waals surface area contributed by atoms with E-state index in [1.165, 1.54) is 22.6 Å².